The van der Waals surface area contributed by atoms with Crippen molar-refractivity contribution in [1.82, 2.24) is 20.9 Å². The monoisotopic (exact) mass is 498 g/mol. The Morgan fingerprint density at radius 3 is 2.54 bits per heavy atom. The molecular weight excluding hydrogens is 469 g/mol. The molecule has 5 N–H and O–H groups in total. The number of nitrogens with one attached hydrogen (secondary N) is 4. The van der Waals surface area contributed by atoms with Gasteiger partial charge in [-0.3, -0.25) is 19.2 Å². The predicted molar refractivity (Wildman–Crippen MR) is 121 cm³/mol. The molecule has 1 aromatic heterocycles. The zero-order chi connectivity index (χ0) is 26.2. The molecule has 0 aliphatic carbocycles. The minimum Gasteiger partial charge on any atom is -0.389 e. The van der Waals surface area contributed by atoms with E-state index < -0.39 is 54.4 Å². The van der Waals surface area contributed by atoms with Crippen molar-refractivity contribution >= 4 is 34.4 Å². The molecule has 1 aromatic carbocycles. The van der Waals surface area contributed by atoms with Gasteiger partial charge in [0.15, 0.2) is 5.78 Å². The lowest BCUT2D eigenvalue weighted by Crippen LogP contribution is -2.49. The molecule has 35 heavy (non-hydrogen) atoms. The minimum absolute atomic E-state index is 0.0756. The van der Waals surface area contributed by atoms with E-state index in [1.54, 1.807) is 6.07 Å². The van der Waals surface area contributed by atoms with Gasteiger partial charge in [0, 0.05) is 17.8 Å². The maximum atomic E-state index is 13.7. The first-order chi connectivity index (χ1) is 16.4. The summed E-state index contributed by atoms with van der Waals surface area (Å²) in [6, 6.07) is 4.86. The number of aromatic nitrogens is 1. The zero-order valence-corrected chi connectivity index (χ0v) is 19.4. The molecule has 0 unspecified atom stereocenters. The van der Waals surface area contributed by atoms with Crippen molar-refractivity contribution in [1.29, 1.82) is 0 Å². The molecule has 0 bridgehead atoms. The van der Waals surface area contributed by atoms with Crippen LogP contribution < -0.4 is 16.0 Å². The lowest BCUT2D eigenvalue weighted by molar-refractivity contribution is -0.131. The predicted octanol–water partition coefficient (Wildman–Crippen LogP) is 1.66. The molecule has 9 nitrogen and oxygen atoms in total. The van der Waals surface area contributed by atoms with Crippen LogP contribution in [-0.4, -0.2) is 65.3 Å². The number of alkyl halides is 2. The summed E-state index contributed by atoms with van der Waals surface area (Å²) >= 11 is 0. The van der Waals surface area contributed by atoms with E-state index in [2.05, 4.69) is 20.9 Å². The third-order valence-electron chi connectivity index (χ3n) is 5.06. The third-order valence-corrected chi connectivity index (χ3v) is 5.06. The number of aromatic amines is 1. The van der Waals surface area contributed by atoms with Crippen molar-refractivity contribution in [3.05, 3.63) is 35.8 Å². The van der Waals surface area contributed by atoms with Crippen molar-refractivity contribution in [2.75, 3.05) is 19.7 Å². The smallest absolute Gasteiger partial charge is 0.268 e. The maximum Gasteiger partial charge on any atom is 0.268 e. The molecule has 2 aromatic rings. The number of carbonyl (C=O) groups is 4. The van der Waals surface area contributed by atoms with Gasteiger partial charge in [-0.2, -0.15) is 0 Å². The topological polar surface area (TPSA) is 140 Å². The number of aliphatic hydroxyl groups excluding tert-OH is 1. The van der Waals surface area contributed by atoms with Crippen LogP contribution in [0.5, 0.6) is 0 Å². The number of rotatable bonds is 8. The molecule has 1 fully saturated rings. The number of piperidine rings is 1. The second-order valence-corrected chi connectivity index (χ2v) is 8.51. The van der Waals surface area contributed by atoms with Crippen molar-refractivity contribution in [2.45, 2.75) is 45.1 Å². The number of benzene rings is 1. The normalized spacial score (nSPS) is 16.5. The van der Waals surface area contributed by atoms with Crippen LogP contribution in [0.4, 0.5) is 13.2 Å². The van der Waals surface area contributed by atoms with E-state index >= 15 is 0 Å². The van der Waals surface area contributed by atoms with Gasteiger partial charge in [-0.05, 0) is 45.2 Å². The van der Waals surface area contributed by atoms with Crippen LogP contribution in [0, 0.1) is 11.7 Å². The van der Waals surface area contributed by atoms with Gasteiger partial charge in [-0.25, -0.2) is 13.2 Å². The van der Waals surface area contributed by atoms with E-state index in [0.29, 0.717) is 18.4 Å². The highest BCUT2D eigenvalue weighted by Crippen LogP contribution is 2.19. The average molecular weight is 499 g/mol. The van der Waals surface area contributed by atoms with Gasteiger partial charge in [-0.1, -0.05) is 12.1 Å². The summed E-state index contributed by atoms with van der Waals surface area (Å²) < 4.78 is 35.8. The summed E-state index contributed by atoms with van der Waals surface area (Å²) in [6.45, 7) is 1.08. The Balaban J connectivity index is 0.000000784. The van der Waals surface area contributed by atoms with Gasteiger partial charge in [0.2, 0.25) is 17.7 Å². The number of H-pyrrole nitrogens is 1. The van der Waals surface area contributed by atoms with Crippen LogP contribution in [-0.2, 0) is 14.4 Å². The number of amides is 3. The number of carbonyl (C=O) groups excluding carboxylic acids is 4. The van der Waals surface area contributed by atoms with Crippen molar-refractivity contribution < 1.29 is 37.5 Å². The summed E-state index contributed by atoms with van der Waals surface area (Å²) in [5.41, 5.74) is 0.274. The summed E-state index contributed by atoms with van der Waals surface area (Å²) in [6.07, 6.45) is 1.43. The highest BCUT2D eigenvalue weighted by atomic mass is 19.3. The number of aliphatic hydroxyl groups is 1. The number of hydrogen-bond acceptors (Lipinski definition) is 5. The molecule has 1 aliphatic rings. The fourth-order valence-corrected chi connectivity index (χ4v) is 3.47. The first kappa shape index (κ1) is 27.8. The van der Waals surface area contributed by atoms with Crippen LogP contribution in [0.3, 0.4) is 0 Å². The lowest BCUT2D eigenvalue weighted by Gasteiger charge is -2.26. The van der Waals surface area contributed by atoms with Gasteiger partial charge in [-0.15, -0.1) is 0 Å². The van der Waals surface area contributed by atoms with Crippen molar-refractivity contribution in [2.24, 2.45) is 5.92 Å². The Morgan fingerprint density at radius 2 is 1.94 bits per heavy atom. The SMILES string of the molecule is CC(C)(F)F.O=C(CNC(=O)c1cc2cccc(F)c2[nH]1)N[C@@H](C[C@@H]1CCCNC1=O)C(=O)CO. The maximum absolute atomic E-state index is 13.7. The second-order valence-electron chi connectivity index (χ2n) is 8.51. The number of hydrogen-bond donors (Lipinski definition) is 5. The van der Waals surface area contributed by atoms with Crippen molar-refractivity contribution in [3.8, 4) is 0 Å². The van der Waals surface area contributed by atoms with Gasteiger partial charge in [0.05, 0.1) is 18.1 Å². The fraction of sp³-hybridized carbons (Fsp3) is 0.478. The van der Waals surface area contributed by atoms with Crippen LogP contribution in [0.1, 0.15) is 43.6 Å². The highest BCUT2D eigenvalue weighted by Gasteiger charge is 2.29. The fourth-order valence-electron chi connectivity index (χ4n) is 3.47. The molecule has 0 radical (unpaired) electrons. The molecule has 0 spiro atoms. The molecule has 1 saturated heterocycles. The molecule has 0 saturated carbocycles. The molecule has 3 rings (SSSR count). The number of para-hydroxylation sites is 1. The zero-order valence-electron chi connectivity index (χ0n) is 19.4. The molecule has 192 valence electrons. The Hall–Kier alpha value is -3.41. The minimum atomic E-state index is -2.50. The van der Waals surface area contributed by atoms with E-state index in [1.807, 2.05) is 0 Å². The van der Waals surface area contributed by atoms with E-state index in [1.165, 1.54) is 18.2 Å². The average Bonchev–Trinajstić information content (AvgIpc) is 3.23. The standard InChI is InChI=1S/C20H23FN4O5.C3H6F2/c21-13-5-1-3-11-7-15(25-18(11)13)20(30)23-9-17(28)24-14(16(27)10-26)8-12-4-2-6-22-19(12)29;1-3(2,4)5/h1,3,5,7,12,14,25-26H,2,4,6,8-10H2,(H,22,29)(H,23,30)(H,24,28);1-2H3/t12-,14-;/m0./s1. The van der Waals surface area contributed by atoms with Crippen LogP contribution in [0.2, 0.25) is 0 Å². The van der Waals surface area contributed by atoms with E-state index in [0.717, 1.165) is 20.3 Å². The number of ketones is 1. The van der Waals surface area contributed by atoms with Gasteiger partial charge in [0.1, 0.15) is 18.1 Å². The molecule has 3 amide bonds. The van der Waals surface area contributed by atoms with Crippen molar-refractivity contribution in [3.63, 3.8) is 0 Å². The number of Topliss-reactive ketones (excluding diaryl/α,β-unsaturated/α-hetero) is 1. The van der Waals surface area contributed by atoms with E-state index in [4.69, 9.17) is 5.11 Å². The number of fused-ring (bicyclic) bond motifs is 1. The molecule has 12 heteroatoms. The summed E-state index contributed by atoms with van der Waals surface area (Å²) in [5.74, 6) is -5.49. The molecule has 2 heterocycles. The molecular formula is C23H29F3N4O5. The van der Waals surface area contributed by atoms with Crippen LogP contribution in [0.25, 0.3) is 10.9 Å². The summed E-state index contributed by atoms with van der Waals surface area (Å²) in [7, 11) is 0. The van der Waals surface area contributed by atoms with Crippen LogP contribution in [0.15, 0.2) is 24.3 Å². The lowest BCUT2D eigenvalue weighted by atomic mass is 9.90. The van der Waals surface area contributed by atoms with E-state index in [-0.39, 0.29) is 23.5 Å². The quantitative estimate of drug-likeness (QED) is 0.377. The largest absolute Gasteiger partial charge is 0.389 e. The highest BCUT2D eigenvalue weighted by molar-refractivity contribution is 6.00. The van der Waals surface area contributed by atoms with Crippen LogP contribution >= 0.6 is 0 Å². The molecule has 2 atom stereocenters. The van der Waals surface area contributed by atoms with Gasteiger partial charge >= 0.3 is 0 Å². The second kappa shape index (κ2) is 12.3. The number of halogens is 3. The van der Waals surface area contributed by atoms with Gasteiger partial charge in [0.25, 0.3) is 5.91 Å². The molecule has 1 aliphatic heterocycles. The summed E-state index contributed by atoms with van der Waals surface area (Å²) in [4.78, 5) is 51.1. The van der Waals surface area contributed by atoms with E-state index in [9.17, 15) is 32.3 Å². The first-order valence-electron chi connectivity index (χ1n) is 11.0. The Labute approximate surface area is 199 Å². The first-order valence-corrected chi connectivity index (χ1v) is 11.0. The Morgan fingerprint density at radius 1 is 1.26 bits per heavy atom. The third kappa shape index (κ3) is 9.04. The Kier molecular flexibility index (Phi) is 9.81. The Bertz CT molecular complexity index is 1060. The van der Waals surface area contributed by atoms with Gasteiger partial charge < -0.3 is 26.0 Å². The summed E-state index contributed by atoms with van der Waals surface area (Å²) in [5, 5.41) is 17.3.